The molecular formula is C22H24N4O2. The highest BCUT2D eigenvalue weighted by Gasteiger charge is 2.20. The quantitative estimate of drug-likeness (QED) is 0.718. The number of amides is 1. The van der Waals surface area contributed by atoms with Crippen LogP contribution in [0.4, 0.5) is 0 Å². The fourth-order valence-electron chi connectivity index (χ4n) is 3.72. The number of likely N-dealkylation sites (tertiary alicyclic amines) is 1. The van der Waals surface area contributed by atoms with E-state index in [-0.39, 0.29) is 17.0 Å². The maximum atomic E-state index is 12.4. The Morgan fingerprint density at radius 3 is 2.93 bits per heavy atom. The molecule has 28 heavy (non-hydrogen) atoms. The number of nitrogens with zero attached hydrogens (tertiary/aromatic N) is 2. The number of para-hydroxylation sites is 1. The van der Waals surface area contributed by atoms with E-state index in [0.29, 0.717) is 19.1 Å². The van der Waals surface area contributed by atoms with Gasteiger partial charge in [-0.05, 0) is 56.1 Å². The van der Waals surface area contributed by atoms with Crippen molar-refractivity contribution in [2.24, 2.45) is 0 Å². The molecule has 0 bridgehead atoms. The van der Waals surface area contributed by atoms with Crippen LogP contribution in [0.5, 0.6) is 0 Å². The van der Waals surface area contributed by atoms with E-state index in [1.807, 2.05) is 36.4 Å². The molecule has 3 aromatic rings. The molecule has 1 atom stereocenters. The standard InChI is InChI=1S/C22H24N4O2/c1-15-5-4-10-26(15)14-18-8-9-19(22(28)25-18)21(27)24-13-16-11-17-6-2-3-7-20(17)23-12-16/h2-3,6-9,11-12,15H,4-5,10,13-14H2,1H3,(H,24,27)(H,25,28). The van der Waals surface area contributed by atoms with Crippen molar-refractivity contribution in [1.82, 2.24) is 20.2 Å². The third-order valence-corrected chi connectivity index (χ3v) is 5.38. The topological polar surface area (TPSA) is 78.1 Å². The fourth-order valence-corrected chi connectivity index (χ4v) is 3.72. The van der Waals surface area contributed by atoms with E-state index < -0.39 is 0 Å². The second kappa shape index (κ2) is 7.94. The van der Waals surface area contributed by atoms with Crippen LogP contribution in [0.1, 0.15) is 41.4 Å². The number of nitrogens with one attached hydrogen (secondary N) is 2. The Bertz CT molecular complexity index is 1060. The summed E-state index contributed by atoms with van der Waals surface area (Å²) in [5.74, 6) is -0.379. The average molecular weight is 376 g/mol. The van der Waals surface area contributed by atoms with Crippen LogP contribution in [-0.2, 0) is 13.1 Å². The lowest BCUT2D eigenvalue weighted by atomic mass is 10.1. The first kappa shape index (κ1) is 18.4. The van der Waals surface area contributed by atoms with E-state index in [1.54, 1.807) is 12.3 Å². The lowest BCUT2D eigenvalue weighted by molar-refractivity contribution is 0.0949. The molecule has 0 spiro atoms. The van der Waals surface area contributed by atoms with Crippen LogP contribution in [0, 0.1) is 0 Å². The molecule has 1 aliphatic heterocycles. The Balaban J connectivity index is 1.41. The van der Waals surface area contributed by atoms with Gasteiger partial charge in [0, 0.05) is 36.4 Å². The lowest BCUT2D eigenvalue weighted by Crippen LogP contribution is -2.31. The maximum absolute atomic E-state index is 12.4. The molecule has 0 aliphatic carbocycles. The number of benzene rings is 1. The fraction of sp³-hybridized carbons (Fsp3) is 0.318. The Kier molecular flexibility index (Phi) is 5.21. The normalized spacial score (nSPS) is 17.1. The van der Waals surface area contributed by atoms with Gasteiger partial charge in [-0.3, -0.25) is 19.5 Å². The molecule has 3 heterocycles. The molecule has 1 fully saturated rings. The smallest absolute Gasteiger partial charge is 0.261 e. The highest BCUT2D eigenvalue weighted by Crippen LogP contribution is 2.18. The summed E-state index contributed by atoms with van der Waals surface area (Å²) in [6.07, 6.45) is 4.12. The minimum Gasteiger partial charge on any atom is -0.348 e. The third-order valence-electron chi connectivity index (χ3n) is 5.38. The van der Waals surface area contributed by atoms with Crippen LogP contribution in [0.25, 0.3) is 10.9 Å². The molecule has 0 radical (unpaired) electrons. The maximum Gasteiger partial charge on any atom is 0.261 e. The van der Waals surface area contributed by atoms with Crippen molar-refractivity contribution < 1.29 is 4.79 Å². The highest BCUT2D eigenvalue weighted by molar-refractivity contribution is 5.93. The highest BCUT2D eigenvalue weighted by atomic mass is 16.2. The van der Waals surface area contributed by atoms with Gasteiger partial charge in [-0.15, -0.1) is 0 Å². The summed E-state index contributed by atoms with van der Waals surface area (Å²) in [6, 6.07) is 13.8. The number of hydrogen-bond donors (Lipinski definition) is 2. The molecule has 2 N–H and O–H groups in total. The van der Waals surface area contributed by atoms with Gasteiger partial charge >= 0.3 is 0 Å². The predicted molar refractivity (Wildman–Crippen MR) is 109 cm³/mol. The summed E-state index contributed by atoms with van der Waals surface area (Å²) in [6.45, 7) is 4.28. The summed E-state index contributed by atoms with van der Waals surface area (Å²) >= 11 is 0. The van der Waals surface area contributed by atoms with Crippen LogP contribution >= 0.6 is 0 Å². The molecule has 1 aromatic carbocycles. The van der Waals surface area contributed by atoms with Gasteiger partial charge in [0.1, 0.15) is 5.56 Å². The minimum absolute atomic E-state index is 0.131. The monoisotopic (exact) mass is 376 g/mol. The van der Waals surface area contributed by atoms with E-state index in [9.17, 15) is 9.59 Å². The molecule has 4 rings (SSSR count). The molecule has 1 amide bonds. The van der Waals surface area contributed by atoms with Crippen LogP contribution < -0.4 is 10.9 Å². The predicted octanol–water partition coefficient (Wildman–Crippen LogP) is 2.84. The second-order valence-electron chi connectivity index (χ2n) is 7.41. The number of aromatic amines is 1. The number of H-pyrrole nitrogens is 1. The number of aromatic nitrogens is 2. The van der Waals surface area contributed by atoms with E-state index in [4.69, 9.17) is 0 Å². The number of fused-ring (bicyclic) bond motifs is 1. The van der Waals surface area contributed by atoms with E-state index in [1.165, 1.54) is 12.8 Å². The number of hydrogen-bond acceptors (Lipinski definition) is 4. The summed E-state index contributed by atoms with van der Waals surface area (Å²) in [5.41, 5.74) is 2.43. The van der Waals surface area contributed by atoms with Gasteiger partial charge in [0.2, 0.25) is 0 Å². The summed E-state index contributed by atoms with van der Waals surface area (Å²) in [5, 5.41) is 3.83. The largest absolute Gasteiger partial charge is 0.348 e. The summed E-state index contributed by atoms with van der Waals surface area (Å²) in [7, 11) is 0. The zero-order valence-electron chi connectivity index (χ0n) is 15.9. The first-order valence-corrected chi connectivity index (χ1v) is 9.68. The van der Waals surface area contributed by atoms with Crippen molar-refractivity contribution in [2.45, 2.75) is 38.9 Å². The molecule has 0 saturated carbocycles. The SMILES string of the molecule is CC1CCCN1Cc1ccc(C(=O)NCc2cnc3ccccc3c2)c(=O)[nH]1. The average Bonchev–Trinajstić information content (AvgIpc) is 3.10. The zero-order valence-corrected chi connectivity index (χ0v) is 15.9. The lowest BCUT2D eigenvalue weighted by Gasteiger charge is -2.20. The molecule has 2 aromatic heterocycles. The van der Waals surface area contributed by atoms with Crippen LogP contribution in [0.15, 0.2) is 53.5 Å². The van der Waals surface area contributed by atoms with Gasteiger partial charge in [-0.1, -0.05) is 18.2 Å². The number of pyridine rings is 2. The zero-order chi connectivity index (χ0) is 19.5. The Morgan fingerprint density at radius 1 is 1.29 bits per heavy atom. The van der Waals surface area contributed by atoms with Crippen LogP contribution in [-0.4, -0.2) is 33.4 Å². The molecule has 6 heteroatoms. The van der Waals surface area contributed by atoms with Crippen molar-refractivity contribution in [3.63, 3.8) is 0 Å². The van der Waals surface area contributed by atoms with Crippen molar-refractivity contribution in [3.8, 4) is 0 Å². The first-order valence-electron chi connectivity index (χ1n) is 9.68. The van der Waals surface area contributed by atoms with Gasteiger partial charge in [0.15, 0.2) is 0 Å². The van der Waals surface area contributed by atoms with E-state index in [2.05, 4.69) is 27.1 Å². The Morgan fingerprint density at radius 2 is 2.14 bits per heavy atom. The molecule has 144 valence electrons. The Hall–Kier alpha value is -2.99. The van der Waals surface area contributed by atoms with Crippen LogP contribution in [0.2, 0.25) is 0 Å². The minimum atomic E-state index is -0.379. The van der Waals surface area contributed by atoms with Crippen molar-refractivity contribution in [1.29, 1.82) is 0 Å². The van der Waals surface area contributed by atoms with Gasteiger partial charge < -0.3 is 10.3 Å². The van der Waals surface area contributed by atoms with Gasteiger partial charge in [0.25, 0.3) is 11.5 Å². The van der Waals surface area contributed by atoms with Crippen molar-refractivity contribution in [2.75, 3.05) is 6.54 Å². The number of rotatable bonds is 5. The second-order valence-corrected chi connectivity index (χ2v) is 7.41. The van der Waals surface area contributed by atoms with Crippen molar-refractivity contribution in [3.05, 3.63) is 75.8 Å². The number of carbonyl (C=O) groups is 1. The first-order chi connectivity index (χ1) is 13.6. The van der Waals surface area contributed by atoms with Gasteiger partial charge in [0.05, 0.1) is 5.52 Å². The van der Waals surface area contributed by atoms with E-state index in [0.717, 1.165) is 28.7 Å². The third kappa shape index (κ3) is 3.97. The van der Waals surface area contributed by atoms with Gasteiger partial charge in [-0.25, -0.2) is 0 Å². The van der Waals surface area contributed by atoms with Crippen LogP contribution in [0.3, 0.4) is 0 Å². The van der Waals surface area contributed by atoms with E-state index >= 15 is 0 Å². The summed E-state index contributed by atoms with van der Waals surface area (Å²) < 4.78 is 0. The molecular weight excluding hydrogens is 352 g/mol. The van der Waals surface area contributed by atoms with Crippen molar-refractivity contribution >= 4 is 16.8 Å². The number of carbonyl (C=O) groups excluding carboxylic acids is 1. The molecule has 1 unspecified atom stereocenters. The molecule has 1 saturated heterocycles. The molecule has 6 nitrogen and oxygen atoms in total. The Labute approximate surface area is 163 Å². The summed E-state index contributed by atoms with van der Waals surface area (Å²) in [4.78, 5) is 34.4. The van der Waals surface area contributed by atoms with Gasteiger partial charge in [-0.2, -0.15) is 0 Å². The molecule has 1 aliphatic rings.